The summed E-state index contributed by atoms with van der Waals surface area (Å²) < 4.78 is 10.1. The third-order valence-corrected chi connectivity index (χ3v) is 4.78. The number of ether oxygens (including phenoxy) is 2. The Hall–Kier alpha value is -3.62. The van der Waals surface area contributed by atoms with E-state index in [1.54, 1.807) is 19.2 Å². The quantitative estimate of drug-likeness (QED) is 0.610. The van der Waals surface area contributed by atoms with Crippen molar-refractivity contribution >= 4 is 23.5 Å². The van der Waals surface area contributed by atoms with E-state index in [1.807, 2.05) is 24.3 Å². The first kappa shape index (κ1) is 21.1. The van der Waals surface area contributed by atoms with E-state index in [1.165, 1.54) is 18.2 Å². The standard InChI is InChI=1S/C21H24N4O5/c1-29-16-6-3-14(4-7-16)11-12-25-20(27)17(24-21(25)28)8-9-18(26)23-15-5-10-19(30-2)22-13-15/h3-7,10,13,17H,8-9,11-12H2,1-2H3,(H,23,26)(H,24,28)/t17-/m1/s1. The average molecular weight is 412 g/mol. The summed E-state index contributed by atoms with van der Waals surface area (Å²) in [5, 5.41) is 5.36. The average Bonchev–Trinajstić information content (AvgIpc) is 3.04. The van der Waals surface area contributed by atoms with Gasteiger partial charge in [0.1, 0.15) is 11.8 Å². The Balaban J connectivity index is 1.46. The molecule has 2 heterocycles. The molecule has 2 aromatic rings. The number of pyridine rings is 1. The molecule has 0 radical (unpaired) electrons. The Morgan fingerprint density at radius 3 is 2.53 bits per heavy atom. The van der Waals surface area contributed by atoms with Gasteiger partial charge in [-0.3, -0.25) is 14.5 Å². The minimum atomic E-state index is -0.701. The maximum atomic E-state index is 12.5. The SMILES string of the molecule is COc1ccc(CCN2C(=O)N[C@H](CCC(=O)Nc3ccc(OC)nc3)C2=O)cc1. The second kappa shape index (κ2) is 9.73. The summed E-state index contributed by atoms with van der Waals surface area (Å²) in [5.74, 6) is 0.618. The number of aromatic nitrogens is 1. The van der Waals surface area contributed by atoms with E-state index in [9.17, 15) is 14.4 Å². The molecule has 4 amide bonds. The summed E-state index contributed by atoms with van der Waals surface area (Å²) in [6.45, 7) is 0.275. The van der Waals surface area contributed by atoms with Gasteiger partial charge < -0.3 is 20.1 Å². The topological polar surface area (TPSA) is 110 Å². The number of nitrogens with zero attached hydrogens (tertiary/aromatic N) is 2. The van der Waals surface area contributed by atoms with Crippen LogP contribution < -0.4 is 20.1 Å². The summed E-state index contributed by atoms with van der Waals surface area (Å²) >= 11 is 0. The zero-order valence-corrected chi connectivity index (χ0v) is 16.9. The van der Waals surface area contributed by atoms with Gasteiger partial charge >= 0.3 is 6.03 Å². The molecule has 0 bridgehead atoms. The highest BCUT2D eigenvalue weighted by atomic mass is 16.5. The first-order valence-electron chi connectivity index (χ1n) is 9.55. The van der Waals surface area contributed by atoms with Crippen molar-refractivity contribution in [2.24, 2.45) is 0 Å². The minimum absolute atomic E-state index is 0.0923. The first-order valence-corrected chi connectivity index (χ1v) is 9.55. The van der Waals surface area contributed by atoms with Crippen LogP contribution in [0.1, 0.15) is 18.4 Å². The number of carbonyl (C=O) groups excluding carboxylic acids is 3. The lowest BCUT2D eigenvalue weighted by Gasteiger charge is -2.13. The maximum absolute atomic E-state index is 12.5. The fourth-order valence-corrected chi connectivity index (χ4v) is 3.09. The number of methoxy groups -OCH3 is 2. The minimum Gasteiger partial charge on any atom is -0.497 e. The van der Waals surface area contributed by atoms with Gasteiger partial charge in [-0.1, -0.05) is 12.1 Å². The van der Waals surface area contributed by atoms with Crippen LogP contribution in [0.3, 0.4) is 0 Å². The lowest BCUT2D eigenvalue weighted by atomic mass is 10.1. The molecule has 9 heteroatoms. The van der Waals surface area contributed by atoms with Crippen molar-refractivity contribution in [3.8, 4) is 11.6 Å². The second-order valence-electron chi connectivity index (χ2n) is 6.77. The number of carbonyl (C=O) groups is 3. The van der Waals surface area contributed by atoms with Crippen LogP contribution in [0.15, 0.2) is 42.6 Å². The number of hydrogen-bond acceptors (Lipinski definition) is 6. The number of amides is 4. The van der Waals surface area contributed by atoms with E-state index in [0.717, 1.165) is 11.3 Å². The number of urea groups is 1. The molecule has 0 unspecified atom stereocenters. The largest absolute Gasteiger partial charge is 0.497 e. The molecule has 1 saturated heterocycles. The summed E-state index contributed by atoms with van der Waals surface area (Å²) in [5.41, 5.74) is 1.52. The third-order valence-electron chi connectivity index (χ3n) is 4.78. The van der Waals surface area contributed by atoms with Crippen molar-refractivity contribution in [3.63, 3.8) is 0 Å². The lowest BCUT2D eigenvalue weighted by Crippen LogP contribution is -2.33. The summed E-state index contributed by atoms with van der Waals surface area (Å²) in [6.07, 6.45) is 2.34. The smallest absolute Gasteiger partial charge is 0.324 e. The predicted octanol–water partition coefficient (Wildman–Crippen LogP) is 1.98. The Labute approximate surface area is 174 Å². The van der Waals surface area contributed by atoms with Crippen LogP contribution in [0.25, 0.3) is 0 Å². The molecule has 30 heavy (non-hydrogen) atoms. The number of anilines is 1. The van der Waals surface area contributed by atoms with Gasteiger partial charge in [0.2, 0.25) is 11.8 Å². The lowest BCUT2D eigenvalue weighted by molar-refractivity contribution is -0.127. The van der Waals surface area contributed by atoms with Crippen LogP contribution in [-0.2, 0) is 16.0 Å². The van der Waals surface area contributed by atoms with Gasteiger partial charge in [-0.25, -0.2) is 9.78 Å². The maximum Gasteiger partial charge on any atom is 0.324 e. The van der Waals surface area contributed by atoms with Crippen LogP contribution in [0.4, 0.5) is 10.5 Å². The highest BCUT2D eigenvalue weighted by Crippen LogP contribution is 2.16. The molecule has 1 aliphatic heterocycles. The molecule has 0 aliphatic carbocycles. The number of nitrogens with one attached hydrogen (secondary N) is 2. The molecule has 9 nitrogen and oxygen atoms in total. The van der Waals surface area contributed by atoms with E-state index < -0.39 is 12.1 Å². The Morgan fingerprint density at radius 1 is 1.13 bits per heavy atom. The molecule has 0 saturated carbocycles. The number of imide groups is 1. The second-order valence-corrected chi connectivity index (χ2v) is 6.77. The molecular weight excluding hydrogens is 388 g/mol. The Morgan fingerprint density at radius 2 is 1.90 bits per heavy atom. The van der Waals surface area contributed by atoms with E-state index in [4.69, 9.17) is 9.47 Å². The zero-order chi connectivity index (χ0) is 21.5. The number of benzene rings is 1. The fourth-order valence-electron chi connectivity index (χ4n) is 3.09. The molecule has 1 fully saturated rings. The summed E-state index contributed by atoms with van der Waals surface area (Å²) in [4.78, 5) is 42.1. The van der Waals surface area contributed by atoms with Gasteiger partial charge in [-0.2, -0.15) is 0 Å². The monoisotopic (exact) mass is 412 g/mol. The van der Waals surface area contributed by atoms with Gasteiger partial charge in [-0.15, -0.1) is 0 Å². The van der Waals surface area contributed by atoms with E-state index in [-0.39, 0.29) is 31.2 Å². The van der Waals surface area contributed by atoms with Crippen molar-refractivity contribution < 1.29 is 23.9 Å². The molecular formula is C21H24N4O5. The zero-order valence-electron chi connectivity index (χ0n) is 16.9. The van der Waals surface area contributed by atoms with Gasteiger partial charge in [0, 0.05) is 19.0 Å². The predicted molar refractivity (Wildman–Crippen MR) is 109 cm³/mol. The number of hydrogen-bond donors (Lipinski definition) is 2. The summed E-state index contributed by atoms with van der Waals surface area (Å²) in [6, 6.07) is 9.64. The molecule has 1 aliphatic rings. The Bertz CT molecular complexity index is 899. The van der Waals surface area contributed by atoms with Crippen LogP contribution in [0, 0.1) is 0 Å². The molecule has 2 N–H and O–H groups in total. The van der Waals surface area contributed by atoms with E-state index >= 15 is 0 Å². The van der Waals surface area contributed by atoms with Gasteiger partial charge in [0.05, 0.1) is 26.1 Å². The first-order chi connectivity index (χ1) is 14.5. The molecule has 1 aromatic carbocycles. The highest BCUT2D eigenvalue weighted by Gasteiger charge is 2.37. The molecule has 158 valence electrons. The van der Waals surface area contributed by atoms with Crippen LogP contribution in [-0.4, -0.2) is 54.5 Å². The van der Waals surface area contributed by atoms with Crippen molar-refractivity contribution in [1.29, 1.82) is 0 Å². The summed E-state index contributed by atoms with van der Waals surface area (Å²) in [7, 11) is 3.10. The molecule has 3 rings (SSSR count). The van der Waals surface area contributed by atoms with Gasteiger partial charge in [0.25, 0.3) is 5.91 Å². The normalized spacial score (nSPS) is 15.7. The Kier molecular flexibility index (Phi) is 6.84. The van der Waals surface area contributed by atoms with Crippen molar-refractivity contribution in [2.75, 3.05) is 26.1 Å². The van der Waals surface area contributed by atoms with Gasteiger partial charge in [0.15, 0.2) is 0 Å². The molecule has 1 aromatic heterocycles. The van der Waals surface area contributed by atoms with Gasteiger partial charge in [-0.05, 0) is 36.6 Å². The number of rotatable bonds is 9. The van der Waals surface area contributed by atoms with Crippen molar-refractivity contribution in [2.45, 2.75) is 25.3 Å². The van der Waals surface area contributed by atoms with Crippen LogP contribution >= 0.6 is 0 Å². The fraction of sp³-hybridized carbons (Fsp3) is 0.333. The van der Waals surface area contributed by atoms with E-state index in [2.05, 4.69) is 15.6 Å². The molecule has 1 atom stereocenters. The van der Waals surface area contributed by atoms with Crippen molar-refractivity contribution in [3.05, 3.63) is 48.2 Å². The molecule has 0 spiro atoms. The van der Waals surface area contributed by atoms with E-state index in [0.29, 0.717) is 18.0 Å². The van der Waals surface area contributed by atoms with Crippen LogP contribution in [0.5, 0.6) is 11.6 Å². The third kappa shape index (κ3) is 5.25. The van der Waals surface area contributed by atoms with Crippen LogP contribution in [0.2, 0.25) is 0 Å². The highest BCUT2D eigenvalue weighted by molar-refractivity contribution is 6.04. The van der Waals surface area contributed by atoms with Crippen molar-refractivity contribution in [1.82, 2.24) is 15.2 Å².